The molecule has 2 N–H and O–H groups in total. The average Bonchev–Trinajstić information content (AvgIpc) is 2.19. The summed E-state index contributed by atoms with van der Waals surface area (Å²) in [5.41, 5.74) is 7.80. The van der Waals surface area contributed by atoms with Crippen LogP contribution in [0.25, 0.3) is 0 Å². The van der Waals surface area contributed by atoms with Crippen molar-refractivity contribution in [2.75, 3.05) is 11.5 Å². The van der Waals surface area contributed by atoms with Gasteiger partial charge in [0.2, 0.25) is 0 Å². The van der Waals surface area contributed by atoms with E-state index in [0.29, 0.717) is 11.1 Å². The molecule has 0 bridgehead atoms. The zero-order chi connectivity index (χ0) is 13.1. The summed E-state index contributed by atoms with van der Waals surface area (Å²) in [6, 6.07) is 5.63. The third kappa shape index (κ3) is 4.90. The van der Waals surface area contributed by atoms with Gasteiger partial charge in [-0.25, -0.2) is 0 Å². The van der Waals surface area contributed by atoms with Gasteiger partial charge in [-0.1, -0.05) is 26.8 Å². The monoisotopic (exact) mass is 253 g/mol. The van der Waals surface area contributed by atoms with Crippen molar-refractivity contribution in [3.63, 3.8) is 0 Å². The fourth-order valence-electron chi connectivity index (χ4n) is 1.71. The lowest BCUT2D eigenvalue weighted by atomic mass is 9.91. The number of anilines is 1. The van der Waals surface area contributed by atoms with E-state index in [-0.39, 0.29) is 0 Å². The van der Waals surface area contributed by atoms with Gasteiger partial charge in [0.15, 0.2) is 0 Å². The summed E-state index contributed by atoms with van der Waals surface area (Å²) in [7, 11) is -0.920. The van der Waals surface area contributed by atoms with Gasteiger partial charge in [-0.3, -0.25) is 4.21 Å². The Hall–Kier alpha value is -0.830. The normalized spacial score (nSPS) is 13.6. The van der Waals surface area contributed by atoms with Crippen molar-refractivity contribution in [3.8, 4) is 0 Å². The molecule has 0 spiro atoms. The first-order valence-electron chi connectivity index (χ1n) is 6.04. The minimum Gasteiger partial charge on any atom is -0.399 e. The second-order valence-corrected chi connectivity index (χ2v) is 7.28. The lowest BCUT2D eigenvalue weighted by molar-refractivity contribution is 0.374. The van der Waals surface area contributed by atoms with Gasteiger partial charge in [-0.2, -0.15) is 0 Å². The van der Waals surface area contributed by atoms with Gasteiger partial charge in [-0.05, 0) is 42.9 Å². The molecule has 3 heteroatoms. The van der Waals surface area contributed by atoms with Crippen LogP contribution in [-0.2, 0) is 10.8 Å². The average molecular weight is 253 g/mol. The Kier molecular flexibility index (Phi) is 4.75. The minimum atomic E-state index is -0.920. The first-order valence-corrected chi connectivity index (χ1v) is 7.36. The number of hydrogen-bond acceptors (Lipinski definition) is 2. The highest BCUT2D eigenvalue weighted by atomic mass is 32.2. The van der Waals surface area contributed by atoms with Gasteiger partial charge < -0.3 is 5.73 Å². The SMILES string of the molecule is Cc1ccc(N)cc1S(=O)CCCC(C)(C)C. The molecule has 0 saturated carbocycles. The Bertz CT molecular complexity index is 407. The van der Waals surface area contributed by atoms with Gasteiger partial charge in [-0.15, -0.1) is 0 Å². The van der Waals surface area contributed by atoms with Gasteiger partial charge in [0, 0.05) is 16.3 Å². The van der Waals surface area contributed by atoms with Gasteiger partial charge in [0.25, 0.3) is 0 Å². The van der Waals surface area contributed by atoms with Crippen LogP contribution in [0.4, 0.5) is 5.69 Å². The van der Waals surface area contributed by atoms with Crippen LogP contribution in [0.1, 0.15) is 39.2 Å². The maximum absolute atomic E-state index is 12.2. The molecule has 0 aromatic heterocycles. The summed E-state index contributed by atoms with van der Waals surface area (Å²) in [5, 5.41) is 0. The van der Waals surface area contributed by atoms with Crippen molar-refractivity contribution in [3.05, 3.63) is 23.8 Å². The molecule has 1 unspecified atom stereocenters. The van der Waals surface area contributed by atoms with E-state index in [4.69, 9.17) is 5.73 Å². The number of aryl methyl sites for hydroxylation is 1. The number of hydrogen-bond donors (Lipinski definition) is 1. The summed E-state index contributed by atoms with van der Waals surface area (Å²) in [6.45, 7) is 8.61. The number of nitrogens with two attached hydrogens (primary N) is 1. The highest BCUT2D eigenvalue weighted by molar-refractivity contribution is 7.85. The largest absolute Gasteiger partial charge is 0.399 e. The van der Waals surface area contributed by atoms with Crippen molar-refractivity contribution in [2.45, 2.75) is 45.4 Å². The molecule has 0 aliphatic carbocycles. The maximum atomic E-state index is 12.2. The lowest BCUT2D eigenvalue weighted by Crippen LogP contribution is -2.08. The maximum Gasteiger partial charge on any atom is 0.0532 e. The predicted molar refractivity (Wildman–Crippen MR) is 75.6 cm³/mol. The van der Waals surface area contributed by atoms with Crippen LogP contribution in [0.15, 0.2) is 23.1 Å². The first-order chi connectivity index (χ1) is 7.79. The van der Waals surface area contributed by atoms with Crippen LogP contribution >= 0.6 is 0 Å². The van der Waals surface area contributed by atoms with E-state index in [1.54, 1.807) is 0 Å². The van der Waals surface area contributed by atoms with Crippen molar-refractivity contribution in [1.29, 1.82) is 0 Å². The van der Waals surface area contributed by atoms with Crippen molar-refractivity contribution >= 4 is 16.5 Å². The summed E-state index contributed by atoms with van der Waals surface area (Å²) < 4.78 is 12.2. The molecular weight excluding hydrogens is 230 g/mol. The molecular formula is C14H23NOS. The topological polar surface area (TPSA) is 43.1 Å². The molecule has 0 amide bonds. The summed E-state index contributed by atoms with van der Waals surface area (Å²) >= 11 is 0. The third-order valence-electron chi connectivity index (χ3n) is 2.71. The molecule has 1 aromatic rings. The lowest BCUT2D eigenvalue weighted by Gasteiger charge is -2.17. The van der Waals surface area contributed by atoms with Crippen LogP contribution < -0.4 is 5.73 Å². The molecule has 0 aliphatic heterocycles. The van der Waals surface area contributed by atoms with E-state index < -0.39 is 10.8 Å². The Morgan fingerprint density at radius 2 is 1.94 bits per heavy atom. The Balaban J connectivity index is 2.61. The predicted octanol–water partition coefficient (Wildman–Crippen LogP) is 3.51. The molecule has 1 atom stereocenters. The fraction of sp³-hybridized carbons (Fsp3) is 0.571. The van der Waals surface area contributed by atoms with Crippen LogP contribution in [0.3, 0.4) is 0 Å². The van der Waals surface area contributed by atoms with Gasteiger partial charge in [0.1, 0.15) is 0 Å². The van der Waals surface area contributed by atoms with Crippen LogP contribution in [0.2, 0.25) is 0 Å². The summed E-state index contributed by atoms with van der Waals surface area (Å²) in [6.07, 6.45) is 2.09. The highest BCUT2D eigenvalue weighted by Gasteiger charge is 2.12. The highest BCUT2D eigenvalue weighted by Crippen LogP contribution is 2.22. The van der Waals surface area contributed by atoms with E-state index in [1.165, 1.54) is 0 Å². The molecule has 2 nitrogen and oxygen atoms in total. The number of nitrogen functional groups attached to an aromatic ring is 1. The van der Waals surface area contributed by atoms with E-state index in [2.05, 4.69) is 20.8 Å². The summed E-state index contributed by atoms with van der Waals surface area (Å²) in [4.78, 5) is 0.888. The quantitative estimate of drug-likeness (QED) is 0.834. The van der Waals surface area contributed by atoms with Crippen molar-refractivity contribution in [1.82, 2.24) is 0 Å². The Morgan fingerprint density at radius 3 is 2.53 bits per heavy atom. The summed E-state index contributed by atoms with van der Waals surface area (Å²) in [5.74, 6) is 0.724. The molecule has 0 radical (unpaired) electrons. The van der Waals surface area contributed by atoms with E-state index >= 15 is 0 Å². The molecule has 17 heavy (non-hydrogen) atoms. The van der Waals surface area contributed by atoms with Crippen molar-refractivity contribution < 1.29 is 4.21 Å². The van der Waals surface area contributed by atoms with Gasteiger partial charge in [0.05, 0.1) is 10.8 Å². The van der Waals surface area contributed by atoms with Crippen LogP contribution in [0.5, 0.6) is 0 Å². The van der Waals surface area contributed by atoms with E-state index in [0.717, 1.165) is 29.1 Å². The molecule has 1 aromatic carbocycles. The Labute approximate surface area is 107 Å². The Morgan fingerprint density at radius 1 is 1.29 bits per heavy atom. The van der Waals surface area contributed by atoms with E-state index in [1.807, 2.05) is 25.1 Å². The molecule has 0 aliphatic rings. The second kappa shape index (κ2) is 5.67. The second-order valence-electron chi connectivity index (χ2n) is 5.74. The molecule has 96 valence electrons. The smallest absolute Gasteiger partial charge is 0.0532 e. The molecule has 1 rings (SSSR count). The standard InChI is InChI=1S/C14H23NOS/c1-11-6-7-12(15)10-13(11)17(16)9-5-8-14(2,3)4/h6-7,10H,5,8-9,15H2,1-4H3. The zero-order valence-corrected chi connectivity index (χ0v) is 12.1. The fourth-order valence-corrected chi connectivity index (χ4v) is 3.03. The third-order valence-corrected chi connectivity index (χ3v) is 4.30. The molecule has 0 saturated heterocycles. The van der Waals surface area contributed by atoms with Crippen LogP contribution in [-0.4, -0.2) is 9.96 Å². The van der Waals surface area contributed by atoms with Gasteiger partial charge >= 0.3 is 0 Å². The minimum absolute atomic E-state index is 0.314. The number of rotatable bonds is 4. The number of benzene rings is 1. The van der Waals surface area contributed by atoms with Crippen LogP contribution in [0, 0.1) is 12.3 Å². The molecule has 0 fully saturated rings. The molecule has 0 heterocycles. The van der Waals surface area contributed by atoms with E-state index in [9.17, 15) is 4.21 Å². The van der Waals surface area contributed by atoms with Crippen molar-refractivity contribution in [2.24, 2.45) is 5.41 Å². The zero-order valence-electron chi connectivity index (χ0n) is 11.2. The first kappa shape index (κ1) is 14.2.